The maximum Gasteiger partial charge on any atom is 0.276 e. The van der Waals surface area contributed by atoms with Gasteiger partial charge in [0.25, 0.3) is 5.91 Å². The van der Waals surface area contributed by atoms with Gasteiger partial charge in [0, 0.05) is 17.3 Å². The van der Waals surface area contributed by atoms with Crippen molar-refractivity contribution in [1.29, 1.82) is 0 Å². The van der Waals surface area contributed by atoms with E-state index in [4.69, 9.17) is 4.74 Å². The van der Waals surface area contributed by atoms with Gasteiger partial charge in [0.1, 0.15) is 11.6 Å². The van der Waals surface area contributed by atoms with Gasteiger partial charge in [-0.05, 0) is 49.4 Å². The summed E-state index contributed by atoms with van der Waals surface area (Å²) >= 11 is 0. The van der Waals surface area contributed by atoms with Crippen molar-refractivity contribution in [1.82, 2.24) is 14.8 Å². The number of aryl methyl sites for hydroxylation is 1. The number of benzene rings is 2. The van der Waals surface area contributed by atoms with E-state index < -0.39 is 0 Å². The molecule has 7 heteroatoms. The number of aromatic nitrogens is 3. The highest BCUT2D eigenvalue weighted by Crippen LogP contribution is 2.23. The number of nitrogens with zero attached hydrogens (tertiary/aromatic N) is 3. The summed E-state index contributed by atoms with van der Waals surface area (Å²) in [5.41, 5.74) is 2.58. The largest absolute Gasteiger partial charge is 0.471 e. The molecule has 1 N–H and O–H groups in total. The summed E-state index contributed by atoms with van der Waals surface area (Å²) in [4.78, 5) is 17.1. The number of hydrogen-bond donors (Lipinski definition) is 1. The van der Waals surface area contributed by atoms with Crippen LogP contribution in [0.5, 0.6) is 5.75 Å². The Morgan fingerprint density at radius 2 is 1.93 bits per heavy atom. The van der Waals surface area contributed by atoms with E-state index in [9.17, 15) is 9.18 Å². The van der Waals surface area contributed by atoms with E-state index in [0.29, 0.717) is 11.4 Å². The Labute approximate surface area is 160 Å². The molecule has 28 heavy (non-hydrogen) atoms. The van der Waals surface area contributed by atoms with Crippen LogP contribution in [0, 0.1) is 12.7 Å². The van der Waals surface area contributed by atoms with Crippen LogP contribution in [0.3, 0.4) is 0 Å². The number of rotatable bonds is 5. The third kappa shape index (κ3) is 3.83. The number of carbonyl (C=O) groups is 1. The highest BCUT2D eigenvalue weighted by atomic mass is 19.1. The van der Waals surface area contributed by atoms with Gasteiger partial charge in [-0.2, -0.15) is 5.10 Å². The van der Waals surface area contributed by atoms with Crippen LogP contribution in [-0.4, -0.2) is 20.7 Å². The molecule has 0 aliphatic carbocycles. The zero-order chi connectivity index (χ0) is 19.5. The van der Waals surface area contributed by atoms with Crippen LogP contribution in [-0.2, 0) is 6.73 Å². The maximum atomic E-state index is 12.9. The first-order chi connectivity index (χ1) is 13.6. The van der Waals surface area contributed by atoms with E-state index in [1.807, 2.05) is 37.3 Å². The van der Waals surface area contributed by atoms with Crippen molar-refractivity contribution < 1.29 is 13.9 Å². The second-order valence-corrected chi connectivity index (χ2v) is 6.25. The molecule has 6 nitrogen and oxygen atoms in total. The topological polar surface area (TPSA) is 69.0 Å². The Balaban J connectivity index is 1.47. The molecule has 0 aliphatic rings. The molecule has 0 saturated carbocycles. The molecule has 2 aromatic heterocycles. The summed E-state index contributed by atoms with van der Waals surface area (Å²) in [5, 5.41) is 7.99. The Morgan fingerprint density at radius 1 is 1.14 bits per heavy atom. The van der Waals surface area contributed by atoms with Crippen LogP contribution in [0.4, 0.5) is 10.1 Å². The number of para-hydroxylation sites is 1. The third-order valence-corrected chi connectivity index (χ3v) is 4.14. The fourth-order valence-corrected chi connectivity index (χ4v) is 2.82. The predicted octanol–water partition coefficient (Wildman–Crippen LogP) is 4.17. The van der Waals surface area contributed by atoms with E-state index >= 15 is 0 Å². The molecule has 0 aliphatic heterocycles. The number of ether oxygens (including phenoxy) is 1. The van der Waals surface area contributed by atoms with Gasteiger partial charge in [-0.3, -0.25) is 9.78 Å². The van der Waals surface area contributed by atoms with Gasteiger partial charge >= 0.3 is 0 Å². The second-order valence-electron chi connectivity index (χ2n) is 6.25. The number of fused-ring (bicyclic) bond motifs is 1. The molecule has 4 aromatic rings. The lowest BCUT2D eigenvalue weighted by atomic mass is 10.1. The Hall–Kier alpha value is -3.74. The molecular formula is C21H17FN4O2. The minimum absolute atomic E-state index is 0.107. The molecule has 0 saturated heterocycles. The van der Waals surface area contributed by atoms with Gasteiger partial charge in [0.15, 0.2) is 12.4 Å². The molecule has 0 radical (unpaired) electrons. The molecule has 2 heterocycles. The molecular weight excluding hydrogens is 359 g/mol. The molecule has 0 bridgehead atoms. The summed E-state index contributed by atoms with van der Waals surface area (Å²) in [6, 6.07) is 16.8. The number of halogens is 1. The summed E-state index contributed by atoms with van der Waals surface area (Å²) in [7, 11) is 0. The van der Waals surface area contributed by atoms with Crippen LogP contribution in [0.15, 0.2) is 66.9 Å². The maximum absolute atomic E-state index is 12.9. The first kappa shape index (κ1) is 17.7. The van der Waals surface area contributed by atoms with E-state index in [0.717, 1.165) is 16.6 Å². The average molecular weight is 376 g/mol. The molecule has 0 unspecified atom stereocenters. The average Bonchev–Trinajstić information content (AvgIpc) is 3.17. The van der Waals surface area contributed by atoms with Crippen molar-refractivity contribution in [2.75, 3.05) is 5.32 Å². The third-order valence-electron chi connectivity index (χ3n) is 4.14. The lowest BCUT2D eigenvalue weighted by molar-refractivity contribution is 0.102. The molecule has 2 aromatic carbocycles. The first-order valence-electron chi connectivity index (χ1n) is 8.68. The van der Waals surface area contributed by atoms with Gasteiger partial charge in [-0.15, -0.1) is 0 Å². The quantitative estimate of drug-likeness (QED) is 0.568. The van der Waals surface area contributed by atoms with Crippen molar-refractivity contribution in [2.24, 2.45) is 0 Å². The van der Waals surface area contributed by atoms with Gasteiger partial charge < -0.3 is 10.1 Å². The minimum atomic E-state index is -0.329. The monoisotopic (exact) mass is 376 g/mol. The second kappa shape index (κ2) is 7.48. The van der Waals surface area contributed by atoms with Crippen LogP contribution < -0.4 is 10.1 Å². The van der Waals surface area contributed by atoms with Crippen LogP contribution >= 0.6 is 0 Å². The van der Waals surface area contributed by atoms with Gasteiger partial charge in [-0.1, -0.05) is 18.2 Å². The normalized spacial score (nSPS) is 10.8. The summed E-state index contributed by atoms with van der Waals surface area (Å²) in [6.07, 6.45) is 1.65. The number of pyridine rings is 1. The SMILES string of the molecule is Cc1cc(NC(=O)c2ccn(COc3ccc(F)cc3)n2)c2ccccc2n1. The summed E-state index contributed by atoms with van der Waals surface area (Å²) in [5.74, 6) is -0.137. The lowest BCUT2D eigenvalue weighted by Gasteiger charge is -2.09. The number of anilines is 1. The van der Waals surface area contributed by atoms with E-state index in [-0.39, 0.29) is 24.1 Å². The summed E-state index contributed by atoms with van der Waals surface area (Å²) in [6.45, 7) is 1.99. The van der Waals surface area contributed by atoms with Crippen molar-refractivity contribution in [3.63, 3.8) is 0 Å². The van der Waals surface area contributed by atoms with Gasteiger partial charge in [0.2, 0.25) is 0 Å². The molecule has 0 fully saturated rings. The first-order valence-corrected chi connectivity index (χ1v) is 8.68. The summed E-state index contributed by atoms with van der Waals surface area (Å²) < 4.78 is 19.9. The number of carbonyl (C=O) groups excluding carboxylic acids is 1. The Morgan fingerprint density at radius 3 is 2.75 bits per heavy atom. The Bertz CT molecular complexity index is 1140. The van der Waals surface area contributed by atoms with Crippen molar-refractivity contribution in [3.05, 3.63) is 84.1 Å². The number of nitrogens with one attached hydrogen (secondary N) is 1. The molecule has 0 atom stereocenters. The van der Waals surface area contributed by atoms with Crippen LogP contribution in [0.1, 0.15) is 16.2 Å². The lowest BCUT2D eigenvalue weighted by Crippen LogP contribution is -2.14. The van der Waals surface area contributed by atoms with Gasteiger partial charge in [0.05, 0.1) is 11.2 Å². The zero-order valence-electron chi connectivity index (χ0n) is 15.1. The van der Waals surface area contributed by atoms with Crippen molar-refractivity contribution >= 4 is 22.5 Å². The van der Waals surface area contributed by atoms with E-state index in [1.54, 1.807) is 12.3 Å². The Kier molecular flexibility index (Phi) is 4.72. The van der Waals surface area contributed by atoms with Crippen LogP contribution in [0.2, 0.25) is 0 Å². The fraction of sp³-hybridized carbons (Fsp3) is 0.0952. The highest BCUT2D eigenvalue weighted by molar-refractivity contribution is 6.07. The van der Waals surface area contributed by atoms with Crippen molar-refractivity contribution in [3.8, 4) is 5.75 Å². The van der Waals surface area contributed by atoms with Crippen LogP contribution in [0.25, 0.3) is 10.9 Å². The number of amides is 1. The highest BCUT2D eigenvalue weighted by Gasteiger charge is 2.12. The van der Waals surface area contributed by atoms with Crippen molar-refractivity contribution in [2.45, 2.75) is 13.7 Å². The molecule has 4 rings (SSSR count). The fourth-order valence-electron chi connectivity index (χ4n) is 2.82. The molecule has 140 valence electrons. The van der Waals surface area contributed by atoms with E-state index in [2.05, 4.69) is 15.4 Å². The molecule has 0 spiro atoms. The predicted molar refractivity (Wildman–Crippen MR) is 104 cm³/mol. The van der Waals surface area contributed by atoms with E-state index in [1.165, 1.54) is 28.9 Å². The smallest absolute Gasteiger partial charge is 0.276 e. The standard InChI is InChI=1S/C21H17FN4O2/c1-14-12-20(17-4-2-3-5-18(17)23-14)24-21(27)19-10-11-26(25-19)13-28-16-8-6-15(22)7-9-16/h2-12H,13H2,1H3,(H,23,24,27). The van der Waals surface area contributed by atoms with Gasteiger partial charge in [-0.25, -0.2) is 9.07 Å². The molecule has 1 amide bonds. The zero-order valence-corrected chi connectivity index (χ0v) is 15.1. The number of hydrogen-bond acceptors (Lipinski definition) is 4. The minimum Gasteiger partial charge on any atom is -0.471 e.